The van der Waals surface area contributed by atoms with E-state index in [1.807, 2.05) is 0 Å². The van der Waals surface area contributed by atoms with Crippen molar-refractivity contribution in [3.05, 3.63) is 41.3 Å². The van der Waals surface area contributed by atoms with Crippen LogP contribution in [0.1, 0.15) is 6.42 Å². The molecule has 0 saturated heterocycles. The van der Waals surface area contributed by atoms with E-state index in [0.717, 1.165) is 0 Å². The van der Waals surface area contributed by atoms with Crippen molar-refractivity contribution in [2.75, 3.05) is 6.61 Å². The van der Waals surface area contributed by atoms with Crippen LogP contribution in [0.2, 0.25) is 0 Å². The van der Waals surface area contributed by atoms with Gasteiger partial charge in [0.25, 0.3) is 5.69 Å². The Balaban J connectivity index is 2.46. The molecular formula is C10H12NO4. The molecule has 0 amide bonds. The number of hydrogen-bond acceptors (Lipinski definition) is 4. The molecule has 0 spiro atoms. The molecule has 0 fully saturated rings. The molecule has 5 nitrogen and oxygen atoms in total. The zero-order valence-electron chi connectivity index (χ0n) is 8.13. The highest BCUT2D eigenvalue weighted by atomic mass is 16.6. The predicted molar refractivity (Wildman–Crippen MR) is 54.6 cm³/mol. The highest BCUT2D eigenvalue weighted by Crippen LogP contribution is 2.17. The fourth-order valence-corrected chi connectivity index (χ4v) is 0.977. The minimum Gasteiger partial charge on any atom is -0.493 e. The van der Waals surface area contributed by atoms with Crippen LogP contribution in [0, 0.1) is 17.0 Å². The Morgan fingerprint density at radius 2 is 2.07 bits per heavy atom. The third kappa shape index (κ3) is 3.95. The second kappa shape index (κ2) is 5.31. The van der Waals surface area contributed by atoms with Crippen molar-refractivity contribution in [2.24, 2.45) is 0 Å². The van der Waals surface area contributed by atoms with Gasteiger partial charge in [0.2, 0.25) is 0 Å². The van der Waals surface area contributed by atoms with Gasteiger partial charge in [0.05, 0.1) is 17.6 Å². The number of benzene rings is 1. The van der Waals surface area contributed by atoms with E-state index in [2.05, 4.69) is 6.92 Å². The van der Waals surface area contributed by atoms with E-state index in [1.165, 1.54) is 24.3 Å². The molecule has 1 aromatic carbocycles. The average Bonchev–Trinajstić information content (AvgIpc) is 2.18. The number of aliphatic hydroxyl groups is 1. The third-order valence-corrected chi connectivity index (χ3v) is 1.77. The lowest BCUT2D eigenvalue weighted by atomic mass is 10.3. The van der Waals surface area contributed by atoms with Crippen LogP contribution < -0.4 is 4.74 Å². The Kier molecular flexibility index (Phi) is 4.05. The maximum absolute atomic E-state index is 10.3. The summed E-state index contributed by atoms with van der Waals surface area (Å²) in [5, 5.41) is 19.2. The molecule has 1 unspecified atom stereocenters. The second-order valence-electron chi connectivity index (χ2n) is 3.04. The zero-order chi connectivity index (χ0) is 11.3. The van der Waals surface area contributed by atoms with Gasteiger partial charge in [0, 0.05) is 18.6 Å². The van der Waals surface area contributed by atoms with Crippen molar-refractivity contribution in [3.8, 4) is 5.75 Å². The normalized spacial score (nSPS) is 12.1. The highest BCUT2D eigenvalue weighted by Gasteiger charge is 2.04. The highest BCUT2D eigenvalue weighted by molar-refractivity contribution is 5.35. The van der Waals surface area contributed by atoms with Crippen LogP contribution in [0.25, 0.3) is 0 Å². The van der Waals surface area contributed by atoms with E-state index in [0.29, 0.717) is 18.8 Å². The summed E-state index contributed by atoms with van der Waals surface area (Å²) in [6.07, 6.45) is -0.222. The Morgan fingerprint density at radius 1 is 1.47 bits per heavy atom. The number of rotatable bonds is 5. The van der Waals surface area contributed by atoms with Crippen molar-refractivity contribution in [1.82, 2.24) is 0 Å². The molecule has 1 radical (unpaired) electrons. The van der Waals surface area contributed by atoms with E-state index in [1.54, 1.807) is 0 Å². The number of nitrogens with zero attached hydrogens (tertiary/aromatic N) is 1. The lowest BCUT2D eigenvalue weighted by Gasteiger charge is -2.06. The summed E-state index contributed by atoms with van der Waals surface area (Å²) in [5.41, 5.74) is 0.0274. The molecule has 0 aliphatic heterocycles. The van der Waals surface area contributed by atoms with Crippen molar-refractivity contribution < 1.29 is 14.8 Å². The Labute approximate surface area is 87.5 Å². The Bertz CT molecular complexity index is 321. The SMILES string of the molecule is [CH2]C(O)CCOc1ccc([N+](=O)[O-])cc1. The molecule has 1 atom stereocenters. The smallest absolute Gasteiger partial charge is 0.269 e. The minimum atomic E-state index is -0.650. The van der Waals surface area contributed by atoms with Crippen LogP contribution in [0.5, 0.6) is 5.75 Å². The second-order valence-corrected chi connectivity index (χ2v) is 3.04. The van der Waals surface area contributed by atoms with E-state index in [-0.39, 0.29) is 5.69 Å². The van der Waals surface area contributed by atoms with Gasteiger partial charge in [-0.15, -0.1) is 0 Å². The van der Waals surface area contributed by atoms with Crippen molar-refractivity contribution in [3.63, 3.8) is 0 Å². The summed E-state index contributed by atoms with van der Waals surface area (Å²) < 4.78 is 5.23. The molecule has 1 N–H and O–H groups in total. The predicted octanol–water partition coefficient (Wildman–Crippen LogP) is 1.56. The maximum Gasteiger partial charge on any atom is 0.269 e. The van der Waals surface area contributed by atoms with E-state index >= 15 is 0 Å². The lowest BCUT2D eigenvalue weighted by molar-refractivity contribution is -0.384. The van der Waals surface area contributed by atoms with Crippen molar-refractivity contribution in [1.29, 1.82) is 0 Å². The Morgan fingerprint density at radius 3 is 2.53 bits per heavy atom. The molecule has 81 valence electrons. The topological polar surface area (TPSA) is 72.6 Å². The van der Waals surface area contributed by atoms with Gasteiger partial charge in [0.1, 0.15) is 5.75 Å². The average molecular weight is 210 g/mol. The summed E-state index contributed by atoms with van der Waals surface area (Å²) in [5.74, 6) is 0.543. The lowest BCUT2D eigenvalue weighted by Crippen LogP contribution is -2.07. The van der Waals surface area contributed by atoms with Gasteiger partial charge in [-0.25, -0.2) is 0 Å². The van der Waals surface area contributed by atoms with Gasteiger partial charge in [-0.3, -0.25) is 10.1 Å². The number of ether oxygens (including phenoxy) is 1. The molecular weight excluding hydrogens is 198 g/mol. The van der Waals surface area contributed by atoms with E-state index < -0.39 is 11.0 Å². The van der Waals surface area contributed by atoms with Crippen LogP contribution in [0.3, 0.4) is 0 Å². The van der Waals surface area contributed by atoms with E-state index in [9.17, 15) is 10.1 Å². The summed E-state index contributed by atoms with van der Waals surface area (Å²) in [6, 6.07) is 5.78. The molecule has 15 heavy (non-hydrogen) atoms. The van der Waals surface area contributed by atoms with Gasteiger partial charge in [0.15, 0.2) is 0 Å². The van der Waals surface area contributed by atoms with Crippen LogP contribution in [0.15, 0.2) is 24.3 Å². The maximum atomic E-state index is 10.3. The summed E-state index contributed by atoms with van der Waals surface area (Å²) in [7, 11) is 0. The van der Waals surface area contributed by atoms with Gasteiger partial charge in [-0.05, 0) is 19.1 Å². The molecule has 0 bridgehead atoms. The minimum absolute atomic E-state index is 0.0274. The summed E-state index contributed by atoms with van der Waals surface area (Å²) >= 11 is 0. The van der Waals surface area contributed by atoms with Crippen molar-refractivity contribution in [2.45, 2.75) is 12.5 Å². The van der Waals surface area contributed by atoms with Crippen LogP contribution in [-0.2, 0) is 0 Å². The fraction of sp³-hybridized carbons (Fsp3) is 0.300. The first-order valence-corrected chi connectivity index (χ1v) is 4.48. The van der Waals surface area contributed by atoms with E-state index in [4.69, 9.17) is 9.84 Å². The number of nitro benzene ring substituents is 1. The van der Waals surface area contributed by atoms with Gasteiger partial charge >= 0.3 is 0 Å². The van der Waals surface area contributed by atoms with Crippen LogP contribution in [-0.4, -0.2) is 22.7 Å². The van der Waals surface area contributed by atoms with Crippen LogP contribution in [0.4, 0.5) is 5.69 Å². The molecule has 5 heteroatoms. The molecule has 0 aliphatic carbocycles. The first kappa shape index (κ1) is 11.5. The monoisotopic (exact) mass is 210 g/mol. The zero-order valence-corrected chi connectivity index (χ0v) is 8.13. The number of non-ortho nitro benzene ring substituents is 1. The van der Waals surface area contributed by atoms with Crippen LogP contribution >= 0.6 is 0 Å². The van der Waals surface area contributed by atoms with Gasteiger partial charge < -0.3 is 9.84 Å². The van der Waals surface area contributed by atoms with Gasteiger partial charge in [-0.1, -0.05) is 0 Å². The largest absolute Gasteiger partial charge is 0.493 e. The summed E-state index contributed by atoms with van der Waals surface area (Å²) in [6.45, 7) is 3.73. The number of aliphatic hydroxyl groups excluding tert-OH is 1. The fourth-order valence-electron chi connectivity index (χ4n) is 0.977. The number of nitro groups is 1. The van der Waals surface area contributed by atoms with Gasteiger partial charge in [-0.2, -0.15) is 0 Å². The molecule has 0 aromatic heterocycles. The quantitative estimate of drug-likeness (QED) is 0.591. The third-order valence-electron chi connectivity index (χ3n) is 1.77. The van der Waals surface area contributed by atoms with Crippen molar-refractivity contribution >= 4 is 5.69 Å². The molecule has 0 aliphatic rings. The molecule has 1 rings (SSSR count). The molecule has 1 aromatic rings. The molecule has 0 saturated carbocycles. The standard InChI is InChI=1S/C10H12NO4/c1-8(12)6-7-15-10-4-2-9(3-5-10)11(13)14/h2-5,8,12H,1,6-7H2. The summed E-state index contributed by atoms with van der Waals surface area (Å²) in [4.78, 5) is 9.87. The molecule has 0 heterocycles. The first-order valence-electron chi connectivity index (χ1n) is 4.48. The number of hydrogen-bond donors (Lipinski definition) is 1. The Hall–Kier alpha value is -1.62. The first-order chi connectivity index (χ1) is 7.09.